The topological polar surface area (TPSA) is 50.3 Å². The van der Waals surface area contributed by atoms with Gasteiger partial charge in [0.25, 0.3) is 11.8 Å². The Morgan fingerprint density at radius 1 is 0.800 bits per heavy atom. The molecule has 0 bridgehead atoms. The molecule has 160 valence electrons. The number of carbonyl (C=O) groups is 2. The molecule has 30 heavy (non-hydrogen) atoms. The third-order valence-electron chi connectivity index (χ3n) is 6.11. The fourth-order valence-electron chi connectivity index (χ4n) is 4.19. The van der Waals surface area contributed by atoms with Gasteiger partial charge in [-0.15, -0.1) is 0 Å². The minimum Gasteiger partial charge on any atom is -0.274 e. The van der Waals surface area contributed by atoms with Gasteiger partial charge in [-0.05, 0) is 48.9 Å². The van der Waals surface area contributed by atoms with Crippen LogP contribution in [0.4, 0.5) is 0 Å². The molecule has 4 nitrogen and oxygen atoms in total. The molecule has 1 aromatic heterocycles. The second-order valence-corrected chi connectivity index (χ2v) is 8.58. The van der Waals surface area contributed by atoms with Gasteiger partial charge >= 0.3 is 0 Å². The summed E-state index contributed by atoms with van der Waals surface area (Å²) in [5.41, 5.74) is 2.44. The second kappa shape index (κ2) is 11.6. The number of fused-ring (bicyclic) bond motifs is 1. The Labute approximate surface area is 180 Å². The largest absolute Gasteiger partial charge is 0.274 e. The molecule has 1 aromatic carbocycles. The van der Waals surface area contributed by atoms with Gasteiger partial charge < -0.3 is 0 Å². The van der Waals surface area contributed by atoms with Crippen molar-refractivity contribution in [2.24, 2.45) is 5.92 Å². The van der Waals surface area contributed by atoms with E-state index < -0.39 is 0 Å². The van der Waals surface area contributed by atoms with E-state index in [-0.39, 0.29) is 11.8 Å². The molecular formula is C26H34N2O2. The van der Waals surface area contributed by atoms with E-state index in [0.717, 1.165) is 12.8 Å². The summed E-state index contributed by atoms with van der Waals surface area (Å²) in [6.07, 6.45) is 16.0. The average Bonchev–Trinajstić information content (AvgIpc) is 3.02. The predicted octanol–water partition coefficient (Wildman–Crippen LogP) is 6.07. The van der Waals surface area contributed by atoms with Crippen LogP contribution in [0.5, 0.6) is 0 Å². The van der Waals surface area contributed by atoms with Gasteiger partial charge in [0.15, 0.2) is 0 Å². The normalized spacial score (nSPS) is 14.2. The van der Waals surface area contributed by atoms with Gasteiger partial charge in [-0.25, -0.2) is 0 Å². The van der Waals surface area contributed by atoms with Crippen molar-refractivity contribution < 1.29 is 9.59 Å². The summed E-state index contributed by atoms with van der Waals surface area (Å²) in [5, 5.41) is 0. The van der Waals surface area contributed by atoms with Crippen LogP contribution in [0, 0.1) is 5.92 Å². The maximum atomic E-state index is 12.4. The lowest BCUT2D eigenvalue weighted by Crippen LogP contribution is -2.31. The Kier molecular flexibility index (Phi) is 8.61. The molecule has 0 spiro atoms. The average molecular weight is 407 g/mol. The van der Waals surface area contributed by atoms with E-state index in [4.69, 9.17) is 0 Å². The highest BCUT2D eigenvalue weighted by Gasteiger charge is 2.34. The number of hydrogen-bond acceptors (Lipinski definition) is 3. The quantitative estimate of drug-likeness (QED) is 0.300. The maximum Gasteiger partial charge on any atom is 0.261 e. The molecule has 0 aliphatic carbocycles. The molecule has 0 unspecified atom stereocenters. The standard InChI is InChI=1S/C26H34N2O2/c1-21(17-19-28-25(29)23-15-9-10-16-24(23)26(28)30)12-7-5-3-2-4-6-8-13-22-14-11-18-27-20-22/h9-11,14-16,18,20-21H,2-8,12-13,17,19H2,1H3/t21-/m0/s1. The first kappa shape index (κ1) is 22.2. The van der Waals surface area contributed by atoms with Gasteiger partial charge in [-0.3, -0.25) is 19.5 Å². The lowest BCUT2D eigenvalue weighted by atomic mass is 9.98. The number of nitrogens with zero attached hydrogens (tertiary/aromatic N) is 2. The monoisotopic (exact) mass is 406 g/mol. The van der Waals surface area contributed by atoms with Crippen molar-refractivity contribution in [3.8, 4) is 0 Å². The summed E-state index contributed by atoms with van der Waals surface area (Å²) in [6, 6.07) is 11.3. The van der Waals surface area contributed by atoms with E-state index in [1.54, 1.807) is 12.1 Å². The van der Waals surface area contributed by atoms with Crippen LogP contribution < -0.4 is 0 Å². The first-order chi connectivity index (χ1) is 14.7. The van der Waals surface area contributed by atoms with Crippen LogP contribution in [0.2, 0.25) is 0 Å². The van der Waals surface area contributed by atoms with Gasteiger partial charge in [-0.2, -0.15) is 0 Å². The van der Waals surface area contributed by atoms with E-state index in [2.05, 4.69) is 18.0 Å². The number of amides is 2. The molecule has 0 fully saturated rings. The smallest absolute Gasteiger partial charge is 0.261 e. The third-order valence-corrected chi connectivity index (χ3v) is 6.11. The fourth-order valence-corrected chi connectivity index (χ4v) is 4.19. The number of hydrogen-bond donors (Lipinski definition) is 0. The summed E-state index contributed by atoms with van der Waals surface area (Å²) < 4.78 is 0. The highest BCUT2D eigenvalue weighted by Crippen LogP contribution is 2.24. The molecule has 3 rings (SSSR count). The van der Waals surface area contributed by atoms with Crippen LogP contribution >= 0.6 is 0 Å². The van der Waals surface area contributed by atoms with Crippen molar-refractivity contribution in [2.45, 2.75) is 71.1 Å². The first-order valence-corrected chi connectivity index (χ1v) is 11.5. The third kappa shape index (κ3) is 6.25. The van der Waals surface area contributed by atoms with Crippen molar-refractivity contribution in [1.29, 1.82) is 0 Å². The first-order valence-electron chi connectivity index (χ1n) is 11.5. The SMILES string of the molecule is C[C@@H](CCCCCCCCCc1cccnc1)CCN1C(=O)c2ccccc2C1=O. The van der Waals surface area contributed by atoms with Crippen LogP contribution in [0.1, 0.15) is 91.0 Å². The minimum atomic E-state index is -0.133. The summed E-state index contributed by atoms with van der Waals surface area (Å²) in [4.78, 5) is 30.4. The molecule has 4 heteroatoms. The van der Waals surface area contributed by atoms with Gasteiger partial charge in [0.05, 0.1) is 11.1 Å². The zero-order valence-corrected chi connectivity index (χ0v) is 18.2. The minimum absolute atomic E-state index is 0.133. The highest BCUT2D eigenvalue weighted by molar-refractivity contribution is 6.21. The molecule has 0 N–H and O–H groups in total. The van der Waals surface area contributed by atoms with Crippen LogP contribution in [-0.4, -0.2) is 28.2 Å². The Hall–Kier alpha value is -2.49. The zero-order chi connectivity index (χ0) is 21.2. The number of rotatable bonds is 13. The molecular weight excluding hydrogens is 372 g/mol. The van der Waals surface area contributed by atoms with Crippen molar-refractivity contribution in [1.82, 2.24) is 9.88 Å². The lowest BCUT2D eigenvalue weighted by molar-refractivity contribution is 0.0646. The van der Waals surface area contributed by atoms with E-state index in [0.29, 0.717) is 23.6 Å². The predicted molar refractivity (Wildman–Crippen MR) is 120 cm³/mol. The van der Waals surface area contributed by atoms with E-state index in [9.17, 15) is 9.59 Å². The van der Waals surface area contributed by atoms with E-state index in [1.807, 2.05) is 30.6 Å². The molecule has 2 heterocycles. The number of aromatic nitrogens is 1. The van der Waals surface area contributed by atoms with E-state index in [1.165, 1.54) is 61.8 Å². The number of imide groups is 1. The Bertz CT molecular complexity index is 784. The van der Waals surface area contributed by atoms with Crippen LogP contribution in [0.15, 0.2) is 48.8 Å². The van der Waals surface area contributed by atoms with Crippen LogP contribution in [0.3, 0.4) is 0 Å². The van der Waals surface area contributed by atoms with Crippen molar-refractivity contribution in [3.63, 3.8) is 0 Å². The Morgan fingerprint density at radius 3 is 2.07 bits per heavy atom. The lowest BCUT2D eigenvalue weighted by Gasteiger charge is -2.17. The number of aryl methyl sites for hydroxylation is 1. The second-order valence-electron chi connectivity index (χ2n) is 8.58. The number of unbranched alkanes of at least 4 members (excludes halogenated alkanes) is 6. The molecule has 0 saturated heterocycles. The summed E-state index contributed by atoms with van der Waals surface area (Å²) >= 11 is 0. The molecule has 1 atom stereocenters. The van der Waals surface area contributed by atoms with Gasteiger partial charge in [0.2, 0.25) is 0 Å². The zero-order valence-electron chi connectivity index (χ0n) is 18.2. The Balaban J connectivity index is 1.20. The van der Waals surface area contributed by atoms with Gasteiger partial charge in [0, 0.05) is 18.9 Å². The van der Waals surface area contributed by atoms with Crippen molar-refractivity contribution in [3.05, 3.63) is 65.5 Å². The van der Waals surface area contributed by atoms with E-state index >= 15 is 0 Å². The van der Waals surface area contributed by atoms with Crippen molar-refractivity contribution in [2.75, 3.05) is 6.54 Å². The number of pyridine rings is 1. The molecule has 1 aliphatic heterocycles. The maximum absolute atomic E-state index is 12.4. The molecule has 2 aromatic rings. The summed E-state index contributed by atoms with van der Waals surface area (Å²) in [7, 11) is 0. The fraction of sp³-hybridized carbons (Fsp3) is 0.500. The summed E-state index contributed by atoms with van der Waals surface area (Å²) in [5.74, 6) is 0.270. The Morgan fingerprint density at radius 2 is 1.43 bits per heavy atom. The van der Waals surface area contributed by atoms with Crippen LogP contribution in [0.25, 0.3) is 0 Å². The molecule has 0 radical (unpaired) electrons. The molecule has 1 aliphatic rings. The van der Waals surface area contributed by atoms with Crippen molar-refractivity contribution >= 4 is 11.8 Å². The highest BCUT2D eigenvalue weighted by atomic mass is 16.2. The molecule has 2 amide bonds. The van der Waals surface area contributed by atoms with Gasteiger partial charge in [0.1, 0.15) is 0 Å². The molecule has 0 saturated carbocycles. The number of carbonyl (C=O) groups excluding carboxylic acids is 2. The summed E-state index contributed by atoms with van der Waals surface area (Å²) in [6.45, 7) is 2.76. The number of benzene rings is 1. The van der Waals surface area contributed by atoms with Crippen LogP contribution in [-0.2, 0) is 6.42 Å². The van der Waals surface area contributed by atoms with Gasteiger partial charge in [-0.1, -0.05) is 70.1 Å².